The molecule has 1 unspecified atom stereocenters. The topological polar surface area (TPSA) is 49.8 Å². The monoisotopic (exact) mass is 238 g/mol. The van der Waals surface area contributed by atoms with Crippen LogP contribution in [0.15, 0.2) is 12.4 Å². The Balaban J connectivity index is 1.94. The highest BCUT2D eigenvalue weighted by atomic mass is 32.2. The normalized spacial score (nSPS) is 20.4. The zero-order chi connectivity index (χ0) is 11.2. The van der Waals surface area contributed by atoms with E-state index in [2.05, 4.69) is 27.5 Å². The molecule has 1 atom stereocenters. The van der Waals surface area contributed by atoms with Crippen molar-refractivity contribution in [3.8, 4) is 0 Å². The molecule has 16 heavy (non-hydrogen) atoms. The van der Waals surface area contributed by atoms with Gasteiger partial charge in [0, 0.05) is 24.4 Å². The molecular formula is C11H18N4S. The fourth-order valence-electron chi connectivity index (χ4n) is 1.78. The fourth-order valence-corrected chi connectivity index (χ4v) is 2.85. The third-order valence-electron chi connectivity index (χ3n) is 2.54. The van der Waals surface area contributed by atoms with Crippen LogP contribution in [0.2, 0.25) is 0 Å². The number of nitrogens with zero attached hydrogens (tertiary/aromatic N) is 2. The van der Waals surface area contributed by atoms with E-state index in [-0.39, 0.29) is 0 Å². The Hall–Kier alpha value is -0.970. The first-order valence-electron chi connectivity index (χ1n) is 5.78. The number of aromatic nitrogens is 2. The van der Waals surface area contributed by atoms with E-state index in [1.807, 2.05) is 17.8 Å². The molecule has 4 nitrogen and oxygen atoms in total. The minimum atomic E-state index is 0.558. The fraction of sp³-hybridized carbons (Fsp3) is 0.636. The largest absolute Gasteiger partial charge is 0.370 e. The van der Waals surface area contributed by atoms with Gasteiger partial charge >= 0.3 is 0 Å². The second-order valence-electron chi connectivity index (χ2n) is 3.88. The van der Waals surface area contributed by atoms with E-state index in [0.29, 0.717) is 6.04 Å². The lowest BCUT2D eigenvalue weighted by Crippen LogP contribution is -2.26. The molecule has 2 heterocycles. The average Bonchev–Trinajstić information content (AvgIpc) is 2.31. The second kappa shape index (κ2) is 5.94. The summed E-state index contributed by atoms with van der Waals surface area (Å²) in [5.41, 5.74) is 0. The van der Waals surface area contributed by atoms with Gasteiger partial charge in [0.2, 0.25) is 0 Å². The van der Waals surface area contributed by atoms with Crippen LogP contribution in [0, 0.1) is 0 Å². The first-order valence-corrected chi connectivity index (χ1v) is 6.94. The summed E-state index contributed by atoms with van der Waals surface area (Å²) in [5.74, 6) is 4.30. The molecule has 5 heteroatoms. The van der Waals surface area contributed by atoms with Crippen LogP contribution in [-0.4, -0.2) is 34.1 Å². The Morgan fingerprint density at radius 2 is 2.31 bits per heavy atom. The van der Waals surface area contributed by atoms with Crippen LogP contribution in [0.5, 0.6) is 0 Å². The summed E-state index contributed by atoms with van der Waals surface area (Å²) >= 11 is 2.02. The molecule has 0 amide bonds. The Morgan fingerprint density at radius 3 is 3.06 bits per heavy atom. The standard InChI is InChI=1S/C11H18N4S/c1-2-12-10-6-11(14-8-13-10)15-9-4-3-5-16-7-9/h6,8-9H,2-5,7H2,1H3,(H2,12,13,14,15). The lowest BCUT2D eigenvalue weighted by Gasteiger charge is -2.22. The van der Waals surface area contributed by atoms with Gasteiger partial charge in [0.1, 0.15) is 18.0 Å². The quantitative estimate of drug-likeness (QED) is 0.842. The number of anilines is 2. The van der Waals surface area contributed by atoms with E-state index in [4.69, 9.17) is 0 Å². The van der Waals surface area contributed by atoms with Crippen molar-refractivity contribution < 1.29 is 0 Å². The zero-order valence-corrected chi connectivity index (χ0v) is 10.4. The Kier molecular flexibility index (Phi) is 4.27. The van der Waals surface area contributed by atoms with Gasteiger partial charge < -0.3 is 10.6 Å². The molecule has 1 aliphatic heterocycles. The predicted molar refractivity (Wildman–Crippen MR) is 70.2 cm³/mol. The van der Waals surface area contributed by atoms with Gasteiger partial charge in [-0.2, -0.15) is 11.8 Å². The first kappa shape index (κ1) is 11.5. The maximum atomic E-state index is 4.24. The molecule has 1 aromatic rings. The molecule has 0 saturated carbocycles. The van der Waals surface area contributed by atoms with Crippen molar-refractivity contribution in [2.75, 3.05) is 28.7 Å². The summed E-state index contributed by atoms with van der Waals surface area (Å²) in [6.45, 7) is 2.95. The average molecular weight is 238 g/mol. The van der Waals surface area contributed by atoms with Gasteiger partial charge in [-0.3, -0.25) is 0 Å². The molecule has 0 aliphatic carbocycles. The molecule has 1 aromatic heterocycles. The summed E-state index contributed by atoms with van der Waals surface area (Å²) in [6.07, 6.45) is 4.15. The van der Waals surface area contributed by atoms with Gasteiger partial charge in [0.15, 0.2) is 0 Å². The highest BCUT2D eigenvalue weighted by Crippen LogP contribution is 2.20. The summed E-state index contributed by atoms with van der Waals surface area (Å²) in [5, 5.41) is 6.66. The van der Waals surface area contributed by atoms with E-state index in [0.717, 1.165) is 18.2 Å². The van der Waals surface area contributed by atoms with Gasteiger partial charge in [-0.25, -0.2) is 9.97 Å². The van der Waals surface area contributed by atoms with Crippen LogP contribution < -0.4 is 10.6 Å². The number of rotatable bonds is 4. The van der Waals surface area contributed by atoms with Crippen molar-refractivity contribution in [2.45, 2.75) is 25.8 Å². The third-order valence-corrected chi connectivity index (χ3v) is 3.75. The minimum absolute atomic E-state index is 0.558. The summed E-state index contributed by atoms with van der Waals surface area (Å²) in [7, 11) is 0. The zero-order valence-electron chi connectivity index (χ0n) is 9.57. The molecule has 1 fully saturated rings. The lowest BCUT2D eigenvalue weighted by molar-refractivity contribution is 0.682. The number of hydrogen-bond donors (Lipinski definition) is 2. The van der Waals surface area contributed by atoms with E-state index < -0.39 is 0 Å². The highest BCUT2D eigenvalue weighted by molar-refractivity contribution is 7.99. The summed E-state index contributed by atoms with van der Waals surface area (Å²) in [6, 6.07) is 2.53. The molecule has 0 bridgehead atoms. The van der Waals surface area contributed by atoms with E-state index in [1.54, 1.807) is 6.33 Å². The molecule has 1 saturated heterocycles. The van der Waals surface area contributed by atoms with Crippen molar-refractivity contribution in [3.63, 3.8) is 0 Å². The summed E-state index contributed by atoms with van der Waals surface area (Å²) < 4.78 is 0. The number of thioether (sulfide) groups is 1. The SMILES string of the molecule is CCNc1cc(NC2CCCSC2)ncn1. The van der Waals surface area contributed by atoms with Gasteiger partial charge in [-0.15, -0.1) is 0 Å². The van der Waals surface area contributed by atoms with Crippen molar-refractivity contribution in [3.05, 3.63) is 12.4 Å². The molecule has 0 radical (unpaired) electrons. The summed E-state index contributed by atoms with van der Waals surface area (Å²) in [4.78, 5) is 8.40. The third kappa shape index (κ3) is 3.27. The van der Waals surface area contributed by atoms with Crippen LogP contribution in [-0.2, 0) is 0 Å². The van der Waals surface area contributed by atoms with Gasteiger partial charge in [0.05, 0.1) is 0 Å². The van der Waals surface area contributed by atoms with E-state index in [9.17, 15) is 0 Å². The number of hydrogen-bond acceptors (Lipinski definition) is 5. The Labute approximate surface area is 101 Å². The van der Waals surface area contributed by atoms with Crippen LogP contribution in [0.25, 0.3) is 0 Å². The van der Waals surface area contributed by atoms with Crippen LogP contribution in [0.4, 0.5) is 11.6 Å². The van der Waals surface area contributed by atoms with Crippen LogP contribution in [0.3, 0.4) is 0 Å². The lowest BCUT2D eigenvalue weighted by atomic mass is 10.2. The van der Waals surface area contributed by atoms with Gasteiger partial charge in [-0.1, -0.05) is 0 Å². The van der Waals surface area contributed by atoms with Crippen LogP contribution in [0.1, 0.15) is 19.8 Å². The molecule has 0 spiro atoms. The van der Waals surface area contributed by atoms with Crippen molar-refractivity contribution in [1.82, 2.24) is 9.97 Å². The second-order valence-corrected chi connectivity index (χ2v) is 5.03. The Morgan fingerprint density at radius 1 is 1.44 bits per heavy atom. The predicted octanol–water partition coefficient (Wildman–Crippen LogP) is 2.22. The maximum absolute atomic E-state index is 4.24. The van der Waals surface area contributed by atoms with Crippen molar-refractivity contribution in [2.24, 2.45) is 0 Å². The molecule has 88 valence electrons. The molecule has 0 aromatic carbocycles. The smallest absolute Gasteiger partial charge is 0.131 e. The van der Waals surface area contributed by atoms with E-state index in [1.165, 1.54) is 24.3 Å². The molecule has 1 aliphatic rings. The van der Waals surface area contributed by atoms with Crippen LogP contribution >= 0.6 is 11.8 Å². The van der Waals surface area contributed by atoms with Gasteiger partial charge in [-0.05, 0) is 25.5 Å². The number of nitrogens with one attached hydrogen (secondary N) is 2. The first-order chi connectivity index (χ1) is 7.88. The maximum Gasteiger partial charge on any atom is 0.131 e. The van der Waals surface area contributed by atoms with Crippen molar-refractivity contribution >= 4 is 23.4 Å². The Bertz CT molecular complexity index is 326. The van der Waals surface area contributed by atoms with Crippen molar-refractivity contribution in [1.29, 1.82) is 0 Å². The van der Waals surface area contributed by atoms with E-state index >= 15 is 0 Å². The van der Waals surface area contributed by atoms with Gasteiger partial charge in [0.25, 0.3) is 0 Å². The molecular weight excluding hydrogens is 220 g/mol. The minimum Gasteiger partial charge on any atom is -0.370 e. The molecule has 2 rings (SSSR count). The molecule has 2 N–H and O–H groups in total. The highest BCUT2D eigenvalue weighted by Gasteiger charge is 2.13.